The first kappa shape index (κ1) is 15.8. The van der Waals surface area contributed by atoms with E-state index in [0.717, 1.165) is 31.6 Å². The number of nitrogens with one attached hydrogen (secondary N) is 1. The van der Waals surface area contributed by atoms with Crippen molar-refractivity contribution in [1.82, 2.24) is 15.1 Å². The van der Waals surface area contributed by atoms with Gasteiger partial charge in [-0.25, -0.2) is 0 Å². The minimum absolute atomic E-state index is 0.175. The molecule has 0 atom stereocenters. The van der Waals surface area contributed by atoms with Gasteiger partial charge in [0.15, 0.2) is 0 Å². The van der Waals surface area contributed by atoms with E-state index in [1.165, 1.54) is 11.3 Å². The predicted molar refractivity (Wildman–Crippen MR) is 81.2 cm³/mol. The van der Waals surface area contributed by atoms with Crippen LogP contribution in [0.4, 0.5) is 0 Å². The third-order valence-corrected chi connectivity index (χ3v) is 3.19. The highest BCUT2D eigenvalue weighted by molar-refractivity contribution is 5.25. The summed E-state index contributed by atoms with van der Waals surface area (Å²) in [5, 5.41) is 8.15. The monoisotopic (exact) mass is 261 g/mol. The summed E-state index contributed by atoms with van der Waals surface area (Å²) < 4.78 is 2.09. The van der Waals surface area contributed by atoms with E-state index < -0.39 is 0 Å². The van der Waals surface area contributed by atoms with Crippen molar-refractivity contribution in [2.24, 2.45) is 0 Å². The van der Waals surface area contributed by atoms with E-state index >= 15 is 0 Å². The van der Waals surface area contributed by atoms with Gasteiger partial charge in [0.1, 0.15) is 0 Å². The van der Waals surface area contributed by atoms with Crippen LogP contribution in [0.3, 0.4) is 0 Å². The molecule has 106 valence electrons. The number of nitrogens with zero attached hydrogens (tertiary/aromatic N) is 2. The van der Waals surface area contributed by atoms with Crippen molar-refractivity contribution < 1.29 is 0 Å². The number of hydrogen-bond acceptors (Lipinski definition) is 2. The smallest absolute Gasteiger partial charge is 0.0628 e. The normalized spacial score (nSPS) is 11.3. The molecule has 0 bridgehead atoms. The van der Waals surface area contributed by atoms with Gasteiger partial charge in [-0.3, -0.25) is 4.68 Å². The zero-order valence-electron chi connectivity index (χ0n) is 13.2. The topological polar surface area (TPSA) is 29.9 Å². The zero-order chi connectivity index (χ0) is 14.5. The summed E-state index contributed by atoms with van der Waals surface area (Å²) in [5.41, 5.74) is 3.99. The minimum atomic E-state index is 0.175. The molecule has 3 heteroatoms. The molecule has 0 saturated heterocycles. The zero-order valence-corrected chi connectivity index (χ0v) is 13.2. The second kappa shape index (κ2) is 6.77. The number of hydrogen-bond donors (Lipinski definition) is 1. The van der Waals surface area contributed by atoms with Gasteiger partial charge in [-0.05, 0) is 60.1 Å². The summed E-state index contributed by atoms with van der Waals surface area (Å²) in [6.07, 6.45) is 1.91. The van der Waals surface area contributed by atoms with Crippen LogP contribution in [0.5, 0.6) is 0 Å². The Morgan fingerprint density at radius 3 is 2.53 bits per heavy atom. The molecule has 1 rings (SSSR count). The fraction of sp³-hybridized carbons (Fsp3) is 0.688. The molecule has 0 aliphatic rings. The van der Waals surface area contributed by atoms with Crippen molar-refractivity contribution in [1.29, 1.82) is 0 Å². The Balaban J connectivity index is 2.65. The van der Waals surface area contributed by atoms with Gasteiger partial charge in [-0.1, -0.05) is 0 Å². The molecule has 0 spiro atoms. The fourth-order valence-corrected chi connectivity index (χ4v) is 2.16. The lowest BCUT2D eigenvalue weighted by Gasteiger charge is -2.20. The maximum atomic E-state index is 4.62. The Hall–Kier alpha value is -1.27. The van der Waals surface area contributed by atoms with E-state index in [2.05, 4.69) is 61.6 Å². The number of rotatable bonds is 5. The summed E-state index contributed by atoms with van der Waals surface area (Å²) >= 11 is 0. The van der Waals surface area contributed by atoms with Crippen molar-refractivity contribution in [3.8, 4) is 11.8 Å². The van der Waals surface area contributed by atoms with Gasteiger partial charge in [0.25, 0.3) is 0 Å². The number of aryl methyl sites for hydroxylation is 2. The molecule has 1 N–H and O–H groups in total. The Bertz CT molecular complexity index is 467. The van der Waals surface area contributed by atoms with E-state index in [0.29, 0.717) is 0 Å². The van der Waals surface area contributed by atoms with Crippen LogP contribution in [0.2, 0.25) is 0 Å². The van der Waals surface area contributed by atoms with Gasteiger partial charge in [0.2, 0.25) is 0 Å². The third-order valence-electron chi connectivity index (χ3n) is 3.19. The molecule has 0 aliphatic carbocycles. The molecule has 3 nitrogen and oxygen atoms in total. The van der Waals surface area contributed by atoms with Gasteiger partial charge in [0, 0.05) is 17.7 Å². The highest BCUT2D eigenvalue weighted by Gasteiger charge is 2.13. The Morgan fingerprint density at radius 2 is 1.95 bits per heavy atom. The second-order valence-electron chi connectivity index (χ2n) is 5.98. The lowest BCUT2D eigenvalue weighted by atomic mass is 10.1. The first-order valence-electron chi connectivity index (χ1n) is 7.02. The molecule has 0 saturated carbocycles. The molecule has 1 heterocycles. The molecular weight excluding hydrogens is 234 g/mol. The van der Waals surface area contributed by atoms with Crippen molar-refractivity contribution in [3.05, 3.63) is 17.0 Å². The van der Waals surface area contributed by atoms with Crippen molar-refractivity contribution in [2.75, 3.05) is 6.54 Å². The average molecular weight is 261 g/mol. The van der Waals surface area contributed by atoms with Crippen molar-refractivity contribution in [3.63, 3.8) is 0 Å². The molecule has 1 aromatic heterocycles. The van der Waals surface area contributed by atoms with Gasteiger partial charge >= 0.3 is 0 Å². The summed E-state index contributed by atoms with van der Waals surface area (Å²) in [4.78, 5) is 0. The van der Waals surface area contributed by atoms with Crippen molar-refractivity contribution in [2.45, 2.75) is 66.5 Å². The minimum Gasteiger partial charge on any atom is -0.312 e. The SMILES string of the molecule is CC#CCCn1nc(C)c(CCNC(C)(C)C)c1C. The molecule has 0 aromatic carbocycles. The van der Waals surface area contributed by atoms with Crippen LogP contribution < -0.4 is 5.32 Å². The van der Waals surface area contributed by atoms with E-state index in [1.54, 1.807) is 0 Å². The Kier molecular flexibility index (Phi) is 5.62. The first-order valence-corrected chi connectivity index (χ1v) is 7.02. The largest absolute Gasteiger partial charge is 0.312 e. The summed E-state index contributed by atoms with van der Waals surface area (Å²) in [6.45, 7) is 14.6. The van der Waals surface area contributed by atoms with Crippen LogP contribution in [-0.2, 0) is 13.0 Å². The summed E-state index contributed by atoms with van der Waals surface area (Å²) in [6, 6.07) is 0. The molecule has 0 unspecified atom stereocenters. The maximum absolute atomic E-state index is 4.62. The third kappa shape index (κ3) is 5.08. The highest BCUT2D eigenvalue weighted by Crippen LogP contribution is 2.14. The molecular formula is C16H27N3. The standard InChI is InChI=1S/C16H27N3/c1-7-8-9-12-19-14(3)15(13(2)18-19)10-11-17-16(4,5)6/h17H,9-12H2,1-6H3. The van der Waals surface area contributed by atoms with E-state index in [-0.39, 0.29) is 5.54 Å². The van der Waals surface area contributed by atoms with Gasteiger partial charge in [0.05, 0.1) is 12.2 Å². The van der Waals surface area contributed by atoms with E-state index in [9.17, 15) is 0 Å². The summed E-state index contributed by atoms with van der Waals surface area (Å²) in [5.74, 6) is 6.02. The van der Waals surface area contributed by atoms with Gasteiger partial charge < -0.3 is 5.32 Å². The molecule has 1 aromatic rings. The lowest BCUT2D eigenvalue weighted by molar-refractivity contribution is 0.429. The summed E-state index contributed by atoms with van der Waals surface area (Å²) in [7, 11) is 0. The predicted octanol–water partition coefficient (Wildman–Crippen LogP) is 2.84. The van der Waals surface area contributed by atoms with Crippen molar-refractivity contribution >= 4 is 0 Å². The van der Waals surface area contributed by atoms with Crippen LogP contribution in [-0.4, -0.2) is 21.9 Å². The number of aromatic nitrogens is 2. The first-order chi connectivity index (χ1) is 8.85. The lowest BCUT2D eigenvalue weighted by Crippen LogP contribution is -2.37. The molecule has 0 aliphatic heterocycles. The van der Waals surface area contributed by atoms with Crippen LogP contribution >= 0.6 is 0 Å². The molecule has 0 amide bonds. The Morgan fingerprint density at radius 1 is 1.26 bits per heavy atom. The maximum Gasteiger partial charge on any atom is 0.0628 e. The van der Waals surface area contributed by atoms with Gasteiger partial charge in [-0.2, -0.15) is 5.10 Å². The van der Waals surface area contributed by atoms with Crippen LogP contribution in [0.25, 0.3) is 0 Å². The van der Waals surface area contributed by atoms with Crippen LogP contribution in [0.15, 0.2) is 0 Å². The van der Waals surface area contributed by atoms with E-state index in [4.69, 9.17) is 0 Å². The van der Waals surface area contributed by atoms with Gasteiger partial charge in [-0.15, -0.1) is 11.8 Å². The molecule has 0 fully saturated rings. The molecule has 0 radical (unpaired) electrons. The quantitative estimate of drug-likeness (QED) is 0.826. The second-order valence-corrected chi connectivity index (χ2v) is 5.98. The fourth-order valence-electron chi connectivity index (χ4n) is 2.16. The average Bonchev–Trinajstić information content (AvgIpc) is 2.55. The van der Waals surface area contributed by atoms with Crippen LogP contribution in [0.1, 0.15) is 51.1 Å². The van der Waals surface area contributed by atoms with Crippen LogP contribution in [0, 0.1) is 25.7 Å². The Labute approximate surface area is 117 Å². The van der Waals surface area contributed by atoms with E-state index in [1.807, 2.05) is 6.92 Å². The highest BCUT2D eigenvalue weighted by atomic mass is 15.3. The molecule has 19 heavy (non-hydrogen) atoms.